The third kappa shape index (κ3) is 3.81. The molecule has 7 heteroatoms. The van der Waals surface area contributed by atoms with Crippen molar-refractivity contribution in [2.24, 2.45) is 0 Å². The number of ether oxygens (including phenoxy) is 2. The van der Waals surface area contributed by atoms with Gasteiger partial charge in [0.05, 0.1) is 17.7 Å². The summed E-state index contributed by atoms with van der Waals surface area (Å²) in [6, 6.07) is 17.9. The van der Waals surface area contributed by atoms with Gasteiger partial charge in [0.1, 0.15) is 17.5 Å². The van der Waals surface area contributed by atoms with E-state index in [9.17, 15) is 9.59 Å². The number of methoxy groups -OCH3 is 1. The van der Waals surface area contributed by atoms with Crippen molar-refractivity contribution in [2.75, 3.05) is 7.11 Å². The number of esters is 1. The predicted molar refractivity (Wildman–Crippen MR) is 110 cm³/mol. The van der Waals surface area contributed by atoms with Gasteiger partial charge >= 0.3 is 5.97 Å². The molecule has 0 aliphatic carbocycles. The standard InChI is InChI=1S/C22H16N2O4S/c1-27-19-12-15(14-25)9-10-18(19)28-22(26)17-13-24(16-6-3-2-4-7-16)23-21(17)20-8-5-11-29-20/h2-14H,1H3. The summed E-state index contributed by atoms with van der Waals surface area (Å²) in [5.74, 6) is -0.0310. The van der Waals surface area contributed by atoms with Crippen LogP contribution in [0.4, 0.5) is 0 Å². The number of aromatic nitrogens is 2. The molecule has 0 unspecified atom stereocenters. The lowest BCUT2D eigenvalue weighted by Gasteiger charge is -2.09. The van der Waals surface area contributed by atoms with Gasteiger partial charge in [-0.05, 0) is 41.8 Å². The second-order valence-electron chi connectivity index (χ2n) is 6.07. The largest absolute Gasteiger partial charge is 0.493 e. The highest BCUT2D eigenvalue weighted by atomic mass is 32.1. The van der Waals surface area contributed by atoms with Gasteiger partial charge in [-0.3, -0.25) is 4.79 Å². The minimum absolute atomic E-state index is 0.229. The molecule has 29 heavy (non-hydrogen) atoms. The van der Waals surface area contributed by atoms with Crippen molar-refractivity contribution >= 4 is 23.6 Å². The molecule has 2 heterocycles. The highest BCUT2D eigenvalue weighted by Gasteiger charge is 2.22. The molecule has 4 rings (SSSR count). The molecule has 6 nitrogen and oxygen atoms in total. The summed E-state index contributed by atoms with van der Waals surface area (Å²) in [5.41, 5.74) is 2.13. The van der Waals surface area contributed by atoms with Crippen LogP contribution in [0.5, 0.6) is 11.5 Å². The molecule has 0 N–H and O–H groups in total. The second kappa shape index (κ2) is 8.12. The molecule has 0 aliphatic heterocycles. The van der Waals surface area contributed by atoms with Crippen LogP contribution >= 0.6 is 11.3 Å². The third-order valence-corrected chi connectivity index (χ3v) is 5.11. The molecule has 0 aliphatic rings. The fourth-order valence-corrected chi connectivity index (χ4v) is 3.55. The van der Waals surface area contributed by atoms with Crippen molar-refractivity contribution in [3.63, 3.8) is 0 Å². The minimum atomic E-state index is -0.562. The van der Waals surface area contributed by atoms with Crippen LogP contribution in [-0.4, -0.2) is 29.1 Å². The molecule has 0 bridgehead atoms. The lowest BCUT2D eigenvalue weighted by Crippen LogP contribution is -2.09. The molecule has 0 radical (unpaired) electrons. The van der Waals surface area contributed by atoms with Crippen LogP contribution in [0.1, 0.15) is 20.7 Å². The predicted octanol–water partition coefficient (Wildman–Crippen LogP) is 4.64. The van der Waals surface area contributed by atoms with E-state index in [0.29, 0.717) is 28.9 Å². The van der Waals surface area contributed by atoms with Crippen molar-refractivity contribution in [2.45, 2.75) is 0 Å². The summed E-state index contributed by atoms with van der Waals surface area (Å²) in [5, 5.41) is 6.53. The maximum atomic E-state index is 13.0. The molecular weight excluding hydrogens is 388 g/mol. The van der Waals surface area contributed by atoms with Gasteiger partial charge in [-0.1, -0.05) is 24.3 Å². The average Bonchev–Trinajstić information content (AvgIpc) is 3.44. The Morgan fingerprint density at radius 2 is 1.90 bits per heavy atom. The van der Waals surface area contributed by atoms with Gasteiger partial charge in [-0.2, -0.15) is 5.10 Å². The van der Waals surface area contributed by atoms with Gasteiger partial charge in [0.15, 0.2) is 11.5 Å². The van der Waals surface area contributed by atoms with Crippen molar-refractivity contribution in [3.8, 4) is 27.8 Å². The van der Waals surface area contributed by atoms with Gasteiger partial charge in [0.2, 0.25) is 0 Å². The Morgan fingerprint density at radius 3 is 2.59 bits per heavy atom. The Balaban J connectivity index is 1.73. The van der Waals surface area contributed by atoms with Crippen LogP contribution in [-0.2, 0) is 0 Å². The van der Waals surface area contributed by atoms with E-state index in [2.05, 4.69) is 5.10 Å². The highest BCUT2D eigenvalue weighted by molar-refractivity contribution is 7.13. The maximum absolute atomic E-state index is 13.0. The fourth-order valence-electron chi connectivity index (χ4n) is 2.83. The van der Waals surface area contributed by atoms with Crippen LogP contribution in [0, 0.1) is 0 Å². The zero-order chi connectivity index (χ0) is 20.2. The van der Waals surface area contributed by atoms with Crippen LogP contribution < -0.4 is 9.47 Å². The molecule has 144 valence electrons. The van der Waals surface area contributed by atoms with Gasteiger partial charge in [-0.25, -0.2) is 9.48 Å². The zero-order valence-corrected chi connectivity index (χ0v) is 16.3. The summed E-state index contributed by atoms with van der Waals surface area (Å²) in [7, 11) is 1.45. The molecule has 2 aromatic heterocycles. The molecular formula is C22H16N2O4S. The Bertz CT molecular complexity index is 1150. The van der Waals surface area contributed by atoms with E-state index in [1.807, 2.05) is 47.8 Å². The van der Waals surface area contributed by atoms with Gasteiger partial charge in [0, 0.05) is 11.8 Å². The first-order valence-electron chi connectivity index (χ1n) is 8.74. The molecule has 0 saturated heterocycles. The third-order valence-electron chi connectivity index (χ3n) is 4.24. The maximum Gasteiger partial charge on any atom is 0.347 e. The summed E-state index contributed by atoms with van der Waals surface area (Å²) < 4.78 is 12.5. The summed E-state index contributed by atoms with van der Waals surface area (Å²) >= 11 is 1.49. The first kappa shape index (κ1) is 18.6. The van der Waals surface area contributed by atoms with Crippen molar-refractivity contribution in [3.05, 3.63) is 83.4 Å². The van der Waals surface area contributed by atoms with E-state index >= 15 is 0 Å². The topological polar surface area (TPSA) is 70.4 Å². The second-order valence-corrected chi connectivity index (χ2v) is 7.01. The van der Waals surface area contributed by atoms with E-state index in [1.54, 1.807) is 16.9 Å². The van der Waals surface area contributed by atoms with E-state index in [4.69, 9.17) is 9.47 Å². The lowest BCUT2D eigenvalue weighted by atomic mass is 10.2. The Labute approximate surface area is 170 Å². The van der Waals surface area contributed by atoms with E-state index in [1.165, 1.54) is 30.6 Å². The molecule has 0 amide bonds. The van der Waals surface area contributed by atoms with Gasteiger partial charge in [-0.15, -0.1) is 11.3 Å². The van der Waals surface area contributed by atoms with E-state index in [-0.39, 0.29) is 5.75 Å². The number of rotatable bonds is 6. The van der Waals surface area contributed by atoms with E-state index in [0.717, 1.165) is 10.6 Å². The number of thiophene rings is 1. The monoisotopic (exact) mass is 404 g/mol. The van der Waals surface area contributed by atoms with Crippen LogP contribution in [0.15, 0.2) is 72.2 Å². The minimum Gasteiger partial charge on any atom is -0.493 e. The molecule has 0 fully saturated rings. The Hall–Kier alpha value is -3.71. The normalized spacial score (nSPS) is 10.5. The number of nitrogens with zero attached hydrogens (tertiary/aromatic N) is 2. The molecule has 0 saturated carbocycles. The number of carbonyl (C=O) groups excluding carboxylic acids is 2. The van der Waals surface area contributed by atoms with Crippen LogP contribution in [0.25, 0.3) is 16.3 Å². The number of hydrogen-bond acceptors (Lipinski definition) is 6. The number of para-hydroxylation sites is 1. The molecule has 2 aromatic carbocycles. The SMILES string of the molecule is COc1cc(C=O)ccc1OC(=O)c1cn(-c2ccccc2)nc1-c1cccs1. The first-order chi connectivity index (χ1) is 14.2. The number of hydrogen-bond donors (Lipinski definition) is 0. The molecule has 0 atom stereocenters. The number of aldehydes is 1. The fraction of sp³-hybridized carbons (Fsp3) is 0.0455. The van der Waals surface area contributed by atoms with Gasteiger partial charge < -0.3 is 9.47 Å². The Kier molecular flexibility index (Phi) is 5.22. The smallest absolute Gasteiger partial charge is 0.347 e. The first-order valence-corrected chi connectivity index (χ1v) is 9.62. The van der Waals surface area contributed by atoms with Crippen molar-refractivity contribution in [1.82, 2.24) is 9.78 Å². The summed E-state index contributed by atoms with van der Waals surface area (Å²) in [6.07, 6.45) is 2.35. The number of benzene rings is 2. The summed E-state index contributed by atoms with van der Waals surface area (Å²) in [6.45, 7) is 0. The summed E-state index contributed by atoms with van der Waals surface area (Å²) in [4.78, 5) is 24.8. The van der Waals surface area contributed by atoms with Crippen LogP contribution in [0.2, 0.25) is 0 Å². The molecule has 0 spiro atoms. The molecule has 4 aromatic rings. The van der Waals surface area contributed by atoms with Crippen molar-refractivity contribution < 1.29 is 19.1 Å². The Morgan fingerprint density at radius 1 is 1.07 bits per heavy atom. The quantitative estimate of drug-likeness (QED) is 0.266. The highest BCUT2D eigenvalue weighted by Crippen LogP contribution is 2.31. The average molecular weight is 404 g/mol. The van der Waals surface area contributed by atoms with Gasteiger partial charge in [0.25, 0.3) is 0 Å². The van der Waals surface area contributed by atoms with E-state index < -0.39 is 5.97 Å². The lowest BCUT2D eigenvalue weighted by molar-refractivity contribution is 0.0730. The van der Waals surface area contributed by atoms with Crippen molar-refractivity contribution in [1.29, 1.82) is 0 Å². The number of carbonyl (C=O) groups is 2. The zero-order valence-electron chi connectivity index (χ0n) is 15.4. The van der Waals surface area contributed by atoms with Crippen LogP contribution in [0.3, 0.4) is 0 Å².